The molecule has 0 aromatic heterocycles. The minimum atomic E-state index is -1.57. The molecule has 0 rings (SSSR count). The SMILES string of the molecule is C=[C](I)[Sn]([CH3])([CH3])[CH3]. The topological polar surface area (TPSA) is 0 Å². The second-order valence-electron chi connectivity index (χ2n) is 2.65. The van der Waals surface area contributed by atoms with E-state index in [0.29, 0.717) is 0 Å². The molecule has 0 fully saturated rings. The van der Waals surface area contributed by atoms with E-state index in [0.717, 1.165) is 0 Å². The van der Waals surface area contributed by atoms with Crippen LogP contribution in [0.15, 0.2) is 8.17 Å². The second kappa shape index (κ2) is 2.71. The standard InChI is InChI=1S/C2H2I.3CH3.Sn/c1-2-3;;;;/h1H2;3*1H3;. The number of halogens is 1. The van der Waals surface area contributed by atoms with Crippen LogP contribution in [-0.2, 0) is 0 Å². The molecular formula is C5H11ISn. The molecule has 0 saturated heterocycles. The summed E-state index contributed by atoms with van der Waals surface area (Å²) in [5.41, 5.74) is 0. The first-order valence-electron chi connectivity index (χ1n) is 2.29. The molecule has 7 heavy (non-hydrogen) atoms. The van der Waals surface area contributed by atoms with Gasteiger partial charge in [-0.15, -0.1) is 0 Å². The van der Waals surface area contributed by atoms with Crippen molar-refractivity contribution in [1.82, 2.24) is 0 Å². The van der Waals surface area contributed by atoms with Gasteiger partial charge in [0.15, 0.2) is 0 Å². The average molecular weight is 317 g/mol. The maximum atomic E-state index is 3.91. The van der Waals surface area contributed by atoms with Crippen molar-refractivity contribution in [2.75, 3.05) is 0 Å². The van der Waals surface area contributed by atoms with Gasteiger partial charge in [-0.25, -0.2) is 0 Å². The van der Waals surface area contributed by atoms with Crippen LogP contribution in [0.4, 0.5) is 0 Å². The van der Waals surface area contributed by atoms with Crippen LogP contribution in [0.3, 0.4) is 0 Å². The monoisotopic (exact) mass is 318 g/mol. The Bertz CT molecular complexity index is 80.6. The third-order valence-electron chi connectivity index (χ3n) is 0.814. The summed E-state index contributed by atoms with van der Waals surface area (Å²) in [6, 6.07) is 0. The fraction of sp³-hybridized carbons (Fsp3) is 0.600. The van der Waals surface area contributed by atoms with Gasteiger partial charge in [0.25, 0.3) is 0 Å². The van der Waals surface area contributed by atoms with E-state index in [2.05, 4.69) is 44.0 Å². The van der Waals surface area contributed by atoms with Gasteiger partial charge in [0, 0.05) is 0 Å². The molecule has 0 unspecified atom stereocenters. The van der Waals surface area contributed by atoms with E-state index in [4.69, 9.17) is 0 Å². The molecule has 0 aliphatic carbocycles. The van der Waals surface area contributed by atoms with Gasteiger partial charge in [-0.2, -0.15) is 0 Å². The molecule has 0 aromatic carbocycles. The van der Waals surface area contributed by atoms with Gasteiger partial charge in [-0.1, -0.05) is 0 Å². The van der Waals surface area contributed by atoms with Crippen molar-refractivity contribution in [1.29, 1.82) is 0 Å². The van der Waals surface area contributed by atoms with E-state index in [1.807, 2.05) is 0 Å². The Kier molecular flexibility index (Phi) is 3.20. The van der Waals surface area contributed by atoms with E-state index >= 15 is 0 Å². The molecule has 0 saturated carbocycles. The van der Waals surface area contributed by atoms with Crippen molar-refractivity contribution in [2.45, 2.75) is 14.8 Å². The van der Waals surface area contributed by atoms with Crippen molar-refractivity contribution < 1.29 is 0 Å². The summed E-state index contributed by atoms with van der Waals surface area (Å²) < 4.78 is 1.42. The Labute approximate surface area is 63.4 Å². The van der Waals surface area contributed by atoms with E-state index in [-0.39, 0.29) is 0 Å². The zero-order chi connectivity index (χ0) is 6.08. The first-order valence-corrected chi connectivity index (χ1v) is 13.4. The fourth-order valence-electron chi connectivity index (χ4n) is 0. The quantitative estimate of drug-likeness (QED) is 0.515. The molecule has 0 nitrogen and oxygen atoms in total. The van der Waals surface area contributed by atoms with Gasteiger partial charge < -0.3 is 0 Å². The number of rotatable bonds is 1. The Morgan fingerprint density at radius 1 is 1.43 bits per heavy atom. The summed E-state index contributed by atoms with van der Waals surface area (Å²) in [7, 11) is 0. The predicted octanol–water partition coefficient (Wildman–Crippen LogP) is 2.81. The van der Waals surface area contributed by atoms with E-state index < -0.39 is 18.4 Å². The molecule has 0 aliphatic heterocycles. The van der Waals surface area contributed by atoms with Crippen LogP contribution in [0, 0.1) is 0 Å². The molecule has 0 bridgehead atoms. The van der Waals surface area contributed by atoms with Gasteiger partial charge in [-0.05, 0) is 0 Å². The summed E-state index contributed by atoms with van der Waals surface area (Å²) in [5.74, 6) is 0. The molecule has 0 N–H and O–H groups in total. The van der Waals surface area contributed by atoms with E-state index in [9.17, 15) is 0 Å². The summed E-state index contributed by atoms with van der Waals surface area (Å²) in [6.07, 6.45) is 0. The van der Waals surface area contributed by atoms with Crippen LogP contribution < -0.4 is 0 Å². The Balaban J connectivity index is 3.79. The zero-order valence-corrected chi connectivity index (χ0v) is 10.1. The zero-order valence-electron chi connectivity index (χ0n) is 5.09. The predicted molar refractivity (Wildman–Crippen MR) is 46.5 cm³/mol. The molecular weight excluding hydrogens is 306 g/mol. The Morgan fingerprint density at radius 2 is 1.57 bits per heavy atom. The average Bonchev–Trinajstić information content (AvgIpc) is 1.31. The fourth-order valence-corrected chi connectivity index (χ4v) is 0. The van der Waals surface area contributed by atoms with Crippen LogP contribution in [0.5, 0.6) is 0 Å². The normalized spacial score (nSPS) is 11.4. The molecule has 2 heteroatoms. The number of hydrogen-bond acceptors (Lipinski definition) is 0. The van der Waals surface area contributed by atoms with Gasteiger partial charge >= 0.3 is 64.0 Å². The van der Waals surface area contributed by atoms with Crippen molar-refractivity contribution >= 4 is 41.0 Å². The van der Waals surface area contributed by atoms with Crippen LogP contribution in [0.2, 0.25) is 14.8 Å². The Hall–Kier alpha value is 1.27. The molecule has 0 aliphatic rings. The second-order valence-corrected chi connectivity index (χ2v) is 21.4. The summed E-state index contributed by atoms with van der Waals surface area (Å²) in [6.45, 7) is 3.91. The van der Waals surface area contributed by atoms with Crippen molar-refractivity contribution in [3.8, 4) is 0 Å². The summed E-state index contributed by atoms with van der Waals surface area (Å²) in [5, 5.41) is 0. The van der Waals surface area contributed by atoms with Crippen LogP contribution in [0.25, 0.3) is 0 Å². The van der Waals surface area contributed by atoms with Crippen LogP contribution >= 0.6 is 22.6 Å². The first kappa shape index (κ1) is 8.27. The van der Waals surface area contributed by atoms with Crippen molar-refractivity contribution in [3.05, 3.63) is 8.17 Å². The van der Waals surface area contributed by atoms with E-state index in [1.54, 1.807) is 0 Å². The van der Waals surface area contributed by atoms with E-state index in [1.165, 1.54) is 1.60 Å². The Morgan fingerprint density at radius 3 is 1.57 bits per heavy atom. The van der Waals surface area contributed by atoms with Crippen LogP contribution in [0.1, 0.15) is 0 Å². The molecule has 0 radical (unpaired) electrons. The third-order valence-corrected chi connectivity index (χ3v) is 16.3. The molecule has 0 aromatic rings. The van der Waals surface area contributed by atoms with Crippen molar-refractivity contribution in [2.24, 2.45) is 0 Å². The van der Waals surface area contributed by atoms with Crippen LogP contribution in [-0.4, -0.2) is 18.4 Å². The molecule has 0 heterocycles. The summed E-state index contributed by atoms with van der Waals surface area (Å²) in [4.78, 5) is 7.09. The molecule has 0 spiro atoms. The summed E-state index contributed by atoms with van der Waals surface area (Å²) >= 11 is 0.774. The van der Waals surface area contributed by atoms with Gasteiger partial charge in [0.05, 0.1) is 0 Å². The maximum absolute atomic E-state index is 3.91. The first-order chi connectivity index (χ1) is 2.94. The number of hydrogen-bond donors (Lipinski definition) is 0. The molecule has 0 atom stereocenters. The third kappa shape index (κ3) is 3.82. The minimum absolute atomic E-state index is 1.42. The van der Waals surface area contributed by atoms with Gasteiger partial charge in [0.1, 0.15) is 0 Å². The molecule has 0 amide bonds. The van der Waals surface area contributed by atoms with Gasteiger partial charge in [0.2, 0.25) is 0 Å². The van der Waals surface area contributed by atoms with Crippen molar-refractivity contribution in [3.63, 3.8) is 0 Å². The van der Waals surface area contributed by atoms with Gasteiger partial charge in [-0.3, -0.25) is 0 Å². The molecule has 42 valence electrons.